The Labute approximate surface area is 123 Å². The van der Waals surface area contributed by atoms with Crippen LogP contribution < -0.4 is 5.43 Å². The van der Waals surface area contributed by atoms with E-state index in [0.29, 0.717) is 0 Å². The van der Waals surface area contributed by atoms with Gasteiger partial charge in [-0.15, -0.1) is 0 Å². The minimum atomic E-state index is -4.91. The summed E-state index contributed by atoms with van der Waals surface area (Å²) in [6, 6.07) is 4.31. The molecule has 0 saturated carbocycles. The van der Waals surface area contributed by atoms with Crippen LogP contribution >= 0.6 is 15.9 Å². The summed E-state index contributed by atoms with van der Waals surface area (Å²) in [4.78, 5) is 9.76. The quantitative estimate of drug-likeness (QED) is 0.504. The van der Waals surface area contributed by atoms with Crippen molar-refractivity contribution in [3.05, 3.63) is 32.3 Å². The zero-order valence-corrected chi connectivity index (χ0v) is 11.4. The number of rotatable bonds is 3. The zero-order chi connectivity index (χ0) is 16.2. The Bertz CT molecular complexity index is 686. The minimum Gasteiger partial charge on any atom is -0.269 e. The molecule has 0 saturated heterocycles. The van der Waals surface area contributed by atoms with Crippen molar-refractivity contribution in [2.75, 3.05) is 5.43 Å². The monoisotopic (exact) mass is 361 g/mol. The van der Waals surface area contributed by atoms with Gasteiger partial charge in [0, 0.05) is 10.5 Å². The summed E-state index contributed by atoms with van der Waals surface area (Å²) in [5.41, 5.74) is -2.25. The van der Waals surface area contributed by atoms with E-state index in [9.17, 15) is 23.3 Å². The van der Waals surface area contributed by atoms with Crippen LogP contribution in [0.25, 0.3) is 0 Å². The summed E-state index contributed by atoms with van der Waals surface area (Å²) in [6.07, 6.45) is -4.91. The molecular formula is C10H3BrF3N5O2. The van der Waals surface area contributed by atoms with Crippen LogP contribution in [-0.4, -0.2) is 10.6 Å². The van der Waals surface area contributed by atoms with Gasteiger partial charge in [-0.05, 0) is 6.07 Å². The smallest absolute Gasteiger partial charge is 0.269 e. The van der Waals surface area contributed by atoms with E-state index in [4.69, 9.17) is 10.5 Å². The molecule has 21 heavy (non-hydrogen) atoms. The van der Waals surface area contributed by atoms with Crippen molar-refractivity contribution in [2.45, 2.75) is 6.18 Å². The molecule has 0 aliphatic heterocycles. The molecule has 0 radical (unpaired) electrons. The van der Waals surface area contributed by atoms with Gasteiger partial charge in [0.05, 0.1) is 4.92 Å². The molecule has 1 aromatic rings. The highest BCUT2D eigenvalue weighted by atomic mass is 79.9. The Morgan fingerprint density at radius 3 is 2.38 bits per heavy atom. The van der Waals surface area contributed by atoms with Gasteiger partial charge in [0.1, 0.15) is 23.4 Å². The molecule has 1 rings (SSSR count). The maximum absolute atomic E-state index is 13.0. The van der Waals surface area contributed by atoms with E-state index in [1.165, 1.54) is 12.1 Å². The van der Waals surface area contributed by atoms with Crippen molar-refractivity contribution in [3.63, 3.8) is 0 Å². The molecule has 0 fully saturated rings. The Kier molecular flexibility index (Phi) is 4.84. The van der Waals surface area contributed by atoms with Crippen LogP contribution in [-0.2, 0) is 6.18 Å². The largest absolute Gasteiger partial charge is 0.419 e. The van der Waals surface area contributed by atoms with Gasteiger partial charge >= 0.3 is 6.18 Å². The lowest BCUT2D eigenvalue weighted by Gasteiger charge is -2.14. The third-order valence-electron chi connectivity index (χ3n) is 2.10. The molecule has 0 atom stereocenters. The van der Waals surface area contributed by atoms with Crippen molar-refractivity contribution in [1.82, 2.24) is 0 Å². The summed E-state index contributed by atoms with van der Waals surface area (Å²) in [6.45, 7) is 0. The van der Waals surface area contributed by atoms with Crippen molar-refractivity contribution in [1.29, 1.82) is 10.5 Å². The molecule has 11 heteroatoms. The molecule has 0 aliphatic carbocycles. The lowest BCUT2D eigenvalue weighted by Crippen LogP contribution is -2.12. The molecule has 7 nitrogen and oxygen atoms in total. The lowest BCUT2D eigenvalue weighted by atomic mass is 10.1. The molecule has 0 heterocycles. The average Bonchev–Trinajstić information content (AvgIpc) is 2.37. The van der Waals surface area contributed by atoms with Crippen molar-refractivity contribution in [3.8, 4) is 12.1 Å². The van der Waals surface area contributed by atoms with Crippen LogP contribution in [0.5, 0.6) is 0 Å². The van der Waals surface area contributed by atoms with Gasteiger partial charge < -0.3 is 0 Å². The summed E-state index contributed by atoms with van der Waals surface area (Å²) in [7, 11) is 0. The van der Waals surface area contributed by atoms with Gasteiger partial charge in [-0.1, -0.05) is 15.9 Å². The van der Waals surface area contributed by atoms with E-state index >= 15 is 0 Å². The predicted octanol–water partition coefficient (Wildman–Crippen LogP) is 3.19. The summed E-state index contributed by atoms with van der Waals surface area (Å²) >= 11 is 2.65. The van der Waals surface area contributed by atoms with Crippen molar-refractivity contribution < 1.29 is 18.1 Å². The number of hydrazone groups is 1. The molecule has 0 aromatic heterocycles. The standard InChI is InChI=1S/C10H3BrF3N5O2/c11-6-1-2-7(19(20)21)9(8(6)10(12,13)14)18-17-5(3-15)4-16/h1-2,18H. The molecule has 0 spiro atoms. The van der Waals surface area contributed by atoms with E-state index in [-0.39, 0.29) is 0 Å². The Hall–Kier alpha value is -2.66. The fourth-order valence-electron chi connectivity index (χ4n) is 1.30. The number of alkyl halides is 3. The minimum absolute atomic E-state index is 0.450. The van der Waals surface area contributed by atoms with Gasteiger partial charge in [-0.2, -0.15) is 28.8 Å². The van der Waals surface area contributed by atoms with Gasteiger partial charge in [-0.25, -0.2) is 0 Å². The predicted molar refractivity (Wildman–Crippen MR) is 68.1 cm³/mol. The maximum atomic E-state index is 13.0. The Balaban J connectivity index is 3.56. The van der Waals surface area contributed by atoms with E-state index < -0.39 is 38.2 Å². The number of nitro groups is 1. The molecule has 0 unspecified atom stereocenters. The van der Waals surface area contributed by atoms with Gasteiger partial charge in [0.25, 0.3) is 5.69 Å². The molecular weight excluding hydrogens is 359 g/mol. The molecule has 0 amide bonds. The summed E-state index contributed by atoms with van der Waals surface area (Å²) in [5, 5.41) is 30.8. The van der Waals surface area contributed by atoms with E-state index in [0.717, 1.165) is 12.1 Å². The highest BCUT2D eigenvalue weighted by Crippen LogP contribution is 2.44. The average molecular weight is 362 g/mol. The SMILES string of the molecule is N#CC(C#N)=NNc1c([N+](=O)[O-])ccc(Br)c1C(F)(F)F. The maximum Gasteiger partial charge on any atom is 0.419 e. The van der Waals surface area contributed by atoms with E-state index in [2.05, 4.69) is 21.0 Å². The lowest BCUT2D eigenvalue weighted by molar-refractivity contribution is -0.384. The number of hydrogen-bond donors (Lipinski definition) is 1. The number of nitrogens with one attached hydrogen (secondary N) is 1. The van der Waals surface area contributed by atoms with Crippen LogP contribution in [0.15, 0.2) is 21.7 Å². The van der Waals surface area contributed by atoms with Crippen LogP contribution in [0, 0.1) is 32.8 Å². The molecule has 1 aromatic carbocycles. The molecule has 1 N–H and O–H groups in total. The number of anilines is 1. The zero-order valence-electron chi connectivity index (χ0n) is 9.77. The summed E-state index contributed by atoms with van der Waals surface area (Å²) in [5.74, 6) is 0. The normalized spacial score (nSPS) is 10.2. The highest BCUT2D eigenvalue weighted by Gasteiger charge is 2.39. The van der Waals surface area contributed by atoms with E-state index in [1.807, 2.05) is 0 Å². The van der Waals surface area contributed by atoms with Crippen LogP contribution in [0.2, 0.25) is 0 Å². The number of hydrogen-bond acceptors (Lipinski definition) is 6. The van der Waals surface area contributed by atoms with E-state index in [1.54, 1.807) is 5.43 Å². The number of nitriles is 2. The molecule has 108 valence electrons. The molecule has 0 bridgehead atoms. The third kappa shape index (κ3) is 3.67. The van der Waals surface area contributed by atoms with Crippen molar-refractivity contribution in [2.24, 2.45) is 5.10 Å². The fourth-order valence-corrected chi connectivity index (χ4v) is 1.85. The third-order valence-corrected chi connectivity index (χ3v) is 2.76. The fraction of sp³-hybridized carbons (Fsp3) is 0.100. The van der Waals surface area contributed by atoms with Crippen molar-refractivity contribution >= 4 is 33.0 Å². The number of benzene rings is 1. The number of nitrogens with zero attached hydrogens (tertiary/aromatic N) is 4. The second-order valence-corrected chi connectivity index (χ2v) is 4.22. The van der Waals surface area contributed by atoms with Crippen LogP contribution in [0.3, 0.4) is 0 Å². The van der Waals surface area contributed by atoms with Gasteiger partial charge in [0.15, 0.2) is 0 Å². The highest BCUT2D eigenvalue weighted by molar-refractivity contribution is 9.10. The van der Waals surface area contributed by atoms with Gasteiger partial charge in [-0.3, -0.25) is 15.5 Å². The summed E-state index contributed by atoms with van der Waals surface area (Å²) < 4.78 is 38.5. The Morgan fingerprint density at radius 1 is 1.38 bits per heavy atom. The first-order chi connectivity index (χ1) is 9.72. The second-order valence-electron chi connectivity index (χ2n) is 3.37. The first-order valence-electron chi connectivity index (χ1n) is 4.90. The van der Waals surface area contributed by atoms with Gasteiger partial charge in [0.2, 0.25) is 5.71 Å². The number of halogens is 4. The number of nitro benzene ring substituents is 1. The second kappa shape index (κ2) is 6.19. The van der Waals surface area contributed by atoms with Crippen LogP contribution in [0.4, 0.5) is 24.5 Å². The molecule has 0 aliphatic rings. The Morgan fingerprint density at radius 2 is 1.95 bits per heavy atom. The topological polar surface area (TPSA) is 115 Å². The first kappa shape index (κ1) is 16.4. The first-order valence-corrected chi connectivity index (χ1v) is 5.69. The van der Waals surface area contributed by atoms with Crippen LogP contribution in [0.1, 0.15) is 5.56 Å².